The summed E-state index contributed by atoms with van der Waals surface area (Å²) in [6, 6.07) is 5.76. The van der Waals surface area contributed by atoms with Gasteiger partial charge in [-0.3, -0.25) is 0 Å². The van der Waals surface area contributed by atoms with Gasteiger partial charge in [-0.2, -0.15) is 0 Å². The van der Waals surface area contributed by atoms with E-state index >= 15 is 0 Å². The molecule has 0 heterocycles. The van der Waals surface area contributed by atoms with E-state index in [1.54, 1.807) is 6.07 Å². The fraction of sp³-hybridized carbons (Fsp3) is 0.500. The Kier molecular flexibility index (Phi) is 6.14. The summed E-state index contributed by atoms with van der Waals surface area (Å²) in [4.78, 5) is 0. The molecule has 1 aromatic carbocycles. The third kappa shape index (κ3) is 4.30. The molecule has 4 heteroatoms. The van der Waals surface area contributed by atoms with Crippen LogP contribution in [0, 0.1) is 0 Å². The van der Waals surface area contributed by atoms with Crippen molar-refractivity contribution in [2.45, 2.75) is 19.9 Å². The van der Waals surface area contributed by atoms with E-state index in [-0.39, 0.29) is 6.04 Å². The molecule has 2 nitrogen and oxygen atoms in total. The molecule has 0 fully saturated rings. The van der Waals surface area contributed by atoms with Crippen LogP contribution < -0.4 is 5.32 Å². The van der Waals surface area contributed by atoms with Crippen LogP contribution in [0.1, 0.15) is 25.5 Å². The van der Waals surface area contributed by atoms with E-state index in [1.165, 1.54) is 0 Å². The van der Waals surface area contributed by atoms with Crippen molar-refractivity contribution in [3.63, 3.8) is 0 Å². The first kappa shape index (κ1) is 13.8. The molecule has 1 unspecified atom stereocenters. The number of nitrogens with one attached hydrogen (secondary N) is 1. The van der Waals surface area contributed by atoms with E-state index in [2.05, 4.69) is 12.2 Å². The van der Waals surface area contributed by atoms with Gasteiger partial charge in [-0.25, -0.2) is 0 Å². The Bertz CT molecular complexity index is 331. The number of hydrogen-bond acceptors (Lipinski definition) is 2. The maximum Gasteiger partial charge on any atom is 0.0590 e. The molecule has 0 amide bonds. The Morgan fingerprint density at radius 1 is 1.38 bits per heavy atom. The molecule has 1 rings (SSSR count). The van der Waals surface area contributed by atoms with E-state index in [0.717, 1.165) is 18.7 Å². The van der Waals surface area contributed by atoms with E-state index in [1.807, 2.05) is 19.1 Å². The zero-order valence-electron chi connectivity index (χ0n) is 9.59. The first-order chi connectivity index (χ1) is 7.65. The fourth-order valence-electron chi connectivity index (χ4n) is 1.45. The third-order valence-corrected chi connectivity index (χ3v) is 2.89. The van der Waals surface area contributed by atoms with Crippen molar-refractivity contribution in [2.24, 2.45) is 0 Å². The number of halogens is 2. The van der Waals surface area contributed by atoms with Crippen molar-refractivity contribution in [2.75, 3.05) is 19.8 Å². The standard InChI is InChI=1S/C12H17Cl2NO/c1-3-16-7-6-15-9(2)11-5-4-10(13)8-12(11)14/h4-5,8-9,15H,3,6-7H2,1-2H3. The molecule has 0 aliphatic rings. The highest BCUT2D eigenvalue weighted by Crippen LogP contribution is 2.25. The molecule has 0 aliphatic heterocycles. The van der Waals surface area contributed by atoms with Gasteiger partial charge in [0, 0.05) is 29.2 Å². The van der Waals surface area contributed by atoms with Crippen molar-refractivity contribution in [1.29, 1.82) is 0 Å². The Labute approximate surface area is 107 Å². The van der Waals surface area contributed by atoms with Crippen LogP contribution in [0.3, 0.4) is 0 Å². The van der Waals surface area contributed by atoms with E-state index in [9.17, 15) is 0 Å². The molecule has 0 spiro atoms. The van der Waals surface area contributed by atoms with Crippen molar-refractivity contribution < 1.29 is 4.74 Å². The summed E-state index contributed by atoms with van der Waals surface area (Å²) in [5.41, 5.74) is 1.06. The van der Waals surface area contributed by atoms with E-state index in [0.29, 0.717) is 16.7 Å². The predicted molar refractivity (Wildman–Crippen MR) is 69.4 cm³/mol. The molecule has 0 saturated carbocycles. The lowest BCUT2D eigenvalue weighted by molar-refractivity contribution is 0.147. The van der Waals surface area contributed by atoms with Gasteiger partial charge in [-0.05, 0) is 31.5 Å². The number of hydrogen-bond donors (Lipinski definition) is 1. The molecule has 1 aromatic rings. The average Bonchev–Trinajstić information content (AvgIpc) is 2.24. The fourth-order valence-corrected chi connectivity index (χ4v) is 2.03. The highest BCUT2D eigenvalue weighted by Gasteiger charge is 2.08. The molecule has 1 N–H and O–H groups in total. The SMILES string of the molecule is CCOCCNC(C)c1ccc(Cl)cc1Cl. The summed E-state index contributed by atoms with van der Waals surface area (Å²) in [5, 5.41) is 4.70. The van der Waals surface area contributed by atoms with Gasteiger partial charge in [-0.1, -0.05) is 29.3 Å². The van der Waals surface area contributed by atoms with Crippen molar-refractivity contribution in [1.82, 2.24) is 5.32 Å². The van der Waals surface area contributed by atoms with Gasteiger partial charge in [0.1, 0.15) is 0 Å². The maximum atomic E-state index is 6.11. The Morgan fingerprint density at radius 3 is 2.75 bits per heavy atom. The van der Waals surface area contributed by atoms with Crippen molar-refractivity contribution in [3.8, 4) is 0 Å². The van der Waals surface area contributed by atoms with Gasteiger partial charge >= 0.3 is 0 Å². The lowest BCUT2D eigenvalue weighted by Gasteiger charge is -2.15. The van der Waals surface area contributed by atoms with Gasteiger partial charge in [0.2, 0.25) is 0 Å². The van der Waals surface area contributed by atoms with Crippen molar-refractivity contribution in [3.05, 3.63) is 33.8 Å². The molecule has 0 saturated heterocycles. The molecule has 0 radical (unpaired) electrons. The smallest absolute Gasteiger partial charge is 0.0590 e. The Hall–Kier alpha value is -0.280. The highest BCUT2D eigenvalue weighted by molar-refractivity contribution is 6.35. The van der Waals surface area contributed by atoms with Crippen molar-refractivity contribution >= 4 is 23.2 Å². The van der Waals surface area contributed by atoms with Gasteiger partial charge in [0.05, 0.1) is 6.61 Å². The molecule has 0 bridgehead atoms. The molecule has 1 atom stereocenters. The summed E-state index contributed by atoms with van der Waals surface area (Å²) in [6.07, 6.45) is 0. The van der Waals surface area contributed by atoms with Gasteiger partial charge in [0.25, 0.3) is 0 Å². The van der Waals surface area contributed by atoms with Crippen LogP contribution in [0.4, 0.5) is 0 Å². The summed E-state index contributed by atoms with van der Waals surface area (Å²) in [7, 11) is 0. The zero-order valence-corrected chi connectivity index (χ0v) is 11.1. The van der Waals surface area contributed by atoms with Gasteiger partial charge < -0.3 is 10.1 Å². The minimum absolute atomic E-state index is 0.199. The largest absolute Gasteiger partial charge is 0.380 e. The maximum absolute atomic E-state index is 6.11. The quantitative estimate of drug-likeness (QED) is 0.789. The second kappa shape index (κ2) is 7.13. The van der Waals surface area contributed by atoms with Gasteiger partial charge in [0.15, 0.2) is 0 Å². The highest BCUT2D eigenvalue weighted by atomic mass is 35.5. The third-order valence-electron chi connectivity index (χ3n) is 2.33. The van der Waals surface area contributed by atoms with E-state index < -0.39 is 0 Å². The summed E-state index contributed by atoms with van der Waals surface area (Å²) in [6.45, 7) is 6.33. The molecule has 0 aromatic heterocycles. The van der Waals surface area contributed by atoms with Gasteiger partial charge in [-0.15, -0.1) is 0 Å². The molecular weight excluding hydrogens is 245 g/mol. The lowest BCUT2D eigenvalue weighted by atomic mass is 10.1. The average molecular weight is 262 g/mol. The Morgan fingerprint density at radius 2 is 2.12 bits per heavy atom. The molecule has 16 heavy (non-hydrogen) atoms. The first-order valence-electron chi connectivity index (χ1n) is 5.41. The number of ether oxygens (including phenoxy) is 1. The molecule has 90 valence electrons. The summed E-state index contributed by atoms with van der Waals surface area (Å²) >= 11 is 12.0. The Balaban J connectivity index is 2.49. The molecular formula is C12H17Cl2NO. The van der Waals surface area contributed by atoms with Crippen LogP contribution in [0.2, 0.25) is 10.0 Å². The topological polar surface area (TPSA) is 21.3 Å². The molecule has 0 aliphatic carbocycles. The van der Waals surface area contributed by atoms with Crippen LogP contribution >= 0.6 is 23.2 Å². The van der Waals surface area contributed by atoms with Crippen LogP contribution in [0.25, 0.3) is 0 Å². The van der Waals surface area contributed by atoms with Crippen LogP contribution in [0.5, 0.6) is 0 Å². The second-order valence-corrected chi connectivity index (χ2v) is 4.38. The van der Waals surface area contributed by atoms with Crippen LogP contribution in [0.15, 0.2) is 18.2 Å². The number of rotatable bonds is 6. The zero-order chi connectivity index (χ0) is 12.0. The minimum Gasteiger partial charge on any atom is -0.380 e. The monoisotopic (exact) mass is 261 g/mol. The lowest BCUT2D eigenvalue weighted by Crippen LogP contribution is -2.23. The summed E-state index contributed by atoms with van der Waals surface area (Å²) < 4.78 is 5.25. The normalized spacial score (nSPS) is 12.8. The minimum atomic E-state index is 0.199. The summed E-state index contributed by atoms with van der Waals surface area (Å²) in [5.74, 6) is 0. The van der Waals surface area contributed by atoms with E-state index in [4.69, 9.17) is 27.9 Å². The first-order valence-corrected chi connectivity index (χ1v) is 6.16. The predicted octanol–water partition coefficient (Wildman–Crippen LogP) is 3.68. The number of benzene rings is 1. The van der Waals surface area contributed by atoms with Crippen LogP contribution in [-0.2, 0) is 4.74 Å². The second-order valence-electron chi connectivity index (χ2n) is 3.54. The van der Waals surface area contributed by atoms with Crippen LogP contribution in [-0.4, -0.2) is 19.8 Å².